The smallest absolute Gasteiger partial charge is 0.335 e. The highest BCUT2D eigenvalue weighted by Gasteiger charge is 2.28. The maximum Gasteiger partial charge on any atom is 0.335 e. The Balaban J connectivity index is 3.21. The van der Waals surface area contributed by atoms with Gasteiger partial charge >= 0.3 is 5.97 Å². The number of alkyl halides is 2. The van der Waals surface area contributed by atoms with E-state index in [-0.39, 0.29) is 5.56 Å². The molecule has 5 heteroatoms. The summed E-state index contributed by atoms with van der Waals surface area (Å²) in [6.07, 6.45) is 0. The van der Waals surface area contributed by atoms with Gasteiger partial charge in [0.2, 0.25) is 0 Å². The van der Waals surface area contributed by atoms with E-state index in [9.17, 15) is 18.0 Å². The van der Waals surface area contributed by atoms with Crippen molar-refractivity contribution in [2.24, 2.45) is 0 Å². The molecule has 0 aliphatic heterocycles. The van der Waals surface area contributed by atoms with E-state index in [0.717, 1.165) is 12.1 Å². The van der Waals surface area contributed by atoms with Crippen LogP contribution < -0.4 is 0 Å². The summed E-state index contributed by atoms with van der Waals surface area (Å²) in [6.45, 7) is 0.547. The van der Waals surface area contributed by atoms with Crippen LogP contribution >= 0.6 is 0 Å². The van der Waals surface area contributed by atoms with E-state index in [1.807, 2.05) is 0 Å². The second-order valence-electron chi connectivity index (χ2n) is 2.89. The van der Waals surface area contributed by atoms with Crippen molar-refractivity contribution in [2.45, 2.75) is 12.8 Å². The van der Waals surface area contributed by atoms with Crippen molar-refractivity contribution < 1.29 is 23.1 Å². The molecule has 1 rings (SSSR count). The lowest BCUT2D eigenvalue weighted by Gasteiger charge is -2.11. The number of halogens is 3. The van der Waals surface area contributed by atoms with Gasteiger partial charge in [-0.3, -0.25) is 0 Å². The van der Waals surface area contributed by atoms with Gasteiger partial charge in [-0.1, -0.05) is 0 Å². The Labute approximate surface area is 78.0 Å². The van der Waals surface area contributed by atoms with E-state index in [0.29, 0.717) is 13.0 Å². The SMILES string of the molecule is CC(F)(F)c1ccc(C(=O)O)cc1F. The third-order valence-corrected chi connectivity index (χ3v) is 1.69. The largest absolute Gasteiger partial charge is 0.478 e. The molecule has 0 unspecified atom stereocenters. The van der Waals surface area contributed by atoms with Crippen LogP contribution in [0.4, 0.5) is 13.2 Å². The van der Waals surface area contributed by atoms with Crippen LogP contribution in [-0.4, -0.2) is 11.1 Å². The standard InChI is InChI=1S/C9H7F3O2/c1-9(11,12)6-3-2-5(8(13)14)4-7(6)10/h2-4H,1H3,(H,13,14). The zero-order valence-electron chi connectivity index (χ0n) is 7.22. The molecule has 0 aliphatic rings. The third-order valence-electron chi connectivity index (χ3n) is 1.69. The number of carboxylic acid groups (broad SMARTS) is 1. The minimum Gasteiger partial charge on any atom is -0.478 e. The second kappa shape index (κ2) is 3.32. The number of aromatic carboxylic acids is 1. The molecule has 0 spiro atoms. The summed E-state index contributed by atoms with van der Waals surface area (Å²) in [5, 5.41) is 8.45. The molecule has 0 bridgehead atoms. The normalized spacial score (nSPS) is 11.4. The van der Waals surface area contributed by atoms with Crippen LogP contribution in [0.15, 0.2) is 18.2 Å². The van der Waals surface area contributed by atoms with Gasteiger partial charge in [0, 0.05) is 6.92 Å². The molecule has 0 fully saturated rings. The number of rotatable bonds is 2. The van der Waals surface area contributed by atoms with Gasteiger partial charge in [0.05, 0.1) is 11.1 Å². The topological polar surface area (TPSA) is 37.3 Å². The van der Waals surface area contributed by atoms with Gasteiger partial charge in [-0.15, -0.1) is 0 Å². The molecule has 0 atom stereocenters. The van der Waals surface area contributed by atoms with Crippen molar-refractivity contribution in [3.05, 3.63) is 35.1 Å². The fraction of sp³-hybridized carbons (Fsp3) is 0.222. The molecule has 0 saturated heterocycles. The Kier molecular flexibility index (Phi) is 2.51. The fourth-order valence-corrected chi connectivity index (χ4v) is 1.00. The molecule has 0 aromatic heterocycles. The zero-order valence-corrected chi connectivity index (χ0v) is 7.22. The molecule has 0 radical (unpaired) electrons. The van der Waals surface area contributed by atoms with E-state index < -0.39 is 23.3 Å². The molecule has 0 amide bonds. The van der Waals surface area contributed by atoms with Crippen molar-refractivity contribution in [1.82, 2.24) is 0 Å². The van der Waals surface area contributed by atoms with Gasteiger partial charge in [0.1, 0.15) is 5.82 Å². The molecule has 0 heterocycles. The zero-order chi connectivity index (χ0) is 10.9. The molecule has 0 aliphatic carbocycles. The molecule has 1 aromatic rings. The van der Waals surface area contributed by atoms with Gasteiger partial charge in [0.15, 0.2) is 0 Å². The van der Waals surface area contributed by atoms with Gasteiger partial charge in [-0.2, -0.15) is 0 Å². The highest BCUT2D eigenvalue weighted by Crippen LogP contribution is 2.29. The van der Waals surface area contributed by atoms with Crippen LogP contribution in [0.3, 0.4) is 0 Å². The molecule has 1 aromatic carbocycles. The van der Waals surface area contributed by atoms with E-state index in [2.05, 4.69) is 0 Å². The first-order valence-electron chi connectivity index (χ1n) is 3.73. The molecular formula is C9H7F3O2. The monoisotopic (exact) mass is 204 g/mol. The number of hydrogen-bond donors (Lipinski definition) is 1. The van der Waals surface area contributed by atoms with E-state index in [4.69, 9.17) is 5.11 Å². The number of hydrogen-bond acceptors (Lipinski definition) is 1. The lowest BCUT2D eigenvalue weighted by Crippen LogP contribution is -2.11. The van der Waals surface area contributed by atoms with Crippen molar-refractivity contribution in [2.75, 3.05) is 0 Å². The highest BCUT2D eigenvalue weighted by atomic mass is 19.3. The molecular weight excluding hydrogens is 197 g/mol. The van der Waals surface area contributed by atoms with Gasteiger partial charge in [-0.25, -0.2) is 18.0 Å². The quantitative estimate of drug-likeness (QED) is 0.803. The first-order valence-corrected chi connectivity index (χ1v) is 3.73. The summed E-state index contributed by atoms with van der Waals surface area (Å²) in [6, 6.07) is 2.30. The van der Waals surface area contributed by atoms with Gasteiger partial charge < -0.3 is 5.11 Å². The summed E-state index contributed by atoms with van der Waals surface area (Å²) in [5.41, 5.74) is -1.15. The molecule has 14 heavy (non-hydrogen) atoms. The third kappa shape index (κ3) is 2.04. The van der Waals surface area contributed by atoms with Gasteiger partial charge in [0.25, 0.3) is 5.92 Å². The van der Waals surface area contributed by atoms with E-state index >= 15 is 0 Å². The number of carbonyl (C=O) groups is 1. The summed E-state index contributed by atoms with van der Waals surface area (Å²) in [4.78, 5) is 10.4. The molecule has 76 valence electrons. The van der Waals surface area contributed by atoms with Crippen LogP contribution in [0.2, 0.25) is 0 Å². The molecule has 0 saturated carbocycles. The highest BCUT2D eigenvalue weighted by molar-refractivity contribution is 5.87. The van der Waals surface area contributed by atoms with Crippen LogP contribution in [-0.2, 0) is 5.92 Å². The Hall–Kier alpha value is -1.52. The van der Waals surface area contributed by atoms with Crippen LogP contribution in [0.5, 0.6) is 0 Å². The lowest BCUT2D eigenvalue weighted by molar-refractivity contribution is 0.0136. The van der Waals surface area contributed by atoms with Crippen molar-refractivity contribution in [3.8, 4) is 0 Å². The van der Waals surface area contributed by atoms with Crippen molar-refractivity contribution in [3.63, 3.8) is 0 Å². The summed E-state index contributed by atoms with van der Waals surface area (Å²) >= 11 is 0. The summed E-state index contributed by atoms with van der Waals surface area (Å²) < 4.78 is 38.3. The molecule has 1 N–H and O–H groups in total. The lowest BCUT2D eigenvalue weighted by atomic mass is 10.1. The molecule has 2 nitrogen and oxygen atoms in total. The first-order chi connectivity index (χ1) is 6.32. The maximum absolute atomic E-state index is 13.0. The number of benzene rings is 1. The Morgan fingerprint density at radius 1 is 1.43 bits per heavy atom. The average Bonchev–Trinajstić information content (AvgIpc) is 2.01. The second-order valence-corrected chi connectivity index (χ2v) is 2.89. The van der Waals surface area contributed by atoms with Crippen LogP contribution in [0.25, 0.3) is 0 Å². The Morgan fingerprint density at radius 3 is 2.36 bits per heavy atom. The average molecular weight is 204 g/mol. The van der Waals surface area contributed by atoms with Crippen molar-refractivity contribution in [1.29, 1.82) is 0 Å². The summed E-state index contributed by atoms with van der Waals surface area (Å²) in [7, 11) is 0. The fourth-order valence-electron chi connectivity index (χ4n) is 1.00. The first kappa shape index (κ1) is 10.6. The number of carboxylic acids is 1. The Bertz CT molecular complexity index is 369. The summed E-state index contributed by atoms with van der Waals surface area (Å²) in [5.74, 6) is -5.87. The van der Waals surface area contributed by atoms with Crippen LogP contribution in [0.1, 0.15) is 22.8 Å². The minimum absolute atomic E-state index is 0.351. The van der Waals surface area contributed by atoms with E-state index in [1.54, 1.807) is 0 Å². The van der Waals surface area contributed by atoms with E-state index in [1.165, 1.54) is 0 Å². The van der Waals surface area contributed by atoms with Crippen LogP contribution in [0, 0.1) is 5.82 Å². The maximum atomic E-state index is 13.0. The van der Waals surface area contributed by atoms with Crippen molar-refractivity contribution >= 4 is 5.97 Å². The predicted octanol–water partition coefficient (Wildman–Crippen LogP) is 2.64. The minimum atomic E-state index is -3.30. The predicted molar refractivity (Wildman–Crippen MR) is 42.9 cm³/mol. The van der Waals surface area contributed by atoms with Gasteiger partial charge in [-0.05, 0) is 18.2 Å². The Morgan fingerprint density at radius 2 is 2.00 bits per heavy atom.